The lowest BCUT2D eigenvalue weighted by Gasteiger charge is -2.33. The molecule has 1 aromatic carbocycles. The lowest BCUT2D eigenvalue weighted by Crippen LogP contribution is -2.50. The number of alkyl halides is 3. The first kappa shape index (κ1) is 25.4. The molecule has 0 spiro atoms. The zero-order chi connectivity index (χ0) is 24.2. The second kappa shape index (κ2) is 10.2. The van der Waals surface area contributed by atoms with Gasteiger partial charge in [-0.1, -0.05) is 6.07 Å². The summed E-state index contributed by atoms with van der Waals surface area (Å²) in [6.07, 6.45) is -4.27. The van der Waals surface area contributed by atoms with Crippen LogP contribution in [0.25, 0.3) is 0 Å². The van der Waals surface area contributed by atoms with Gasteiger partial charge in [0.1, 0.15) is 5.75 Å². The van der Waals surface area contributed by atoms with Crippen LogP contribution in [0, 0.1) is 5.92 Å². The van der Waals surface area contributed by atoms with E-state index in [2.05, 4.69) is 24.1 Å². The summed E-state index contributed by atoms with van der Waals surface area (Å²) in [6.45, 7) is 5.61. The van der Waals surface area contributed by atoms with E-state index in [0.717, 1.165) is 6.42 Å². The maximum Gasteiger partial charge on any atom is 0.490 e. The second-order valence-electron chi connectivity index (χ2n) is 7.98. The number of carbonyl (C=O) groups is 3. The van der Waals surface area contributed by atoms with Crippen molar-refractivity contribution in [2.45, 2.75) is 44.6 Å². The molecule has 2 aliphatic rings. The number of rotatable bonds is 4. The quantitative estimate of drug-likeness (QED) is 0.715. The molecule has 2 aliphatic heterocycles. The van der Waals surface area contributed by atoms with E-state index in [9.17, 15) is 22.8 Å². The van der Waals surface area contributed by atoms with Gasteiger partial charge < -0.3 is 20.1 Å². The van der Waals surface area contributed by atoms with Crippen LogP contribution in [-0.2, 0) is 9.59 Å². The molecule has 32 heavy (non-hydrogen) atoms. The number of aliphatic carboxylic acids is 1. The number of benzene rings is 1. The van der Waals surface area contributed by atoms with E-state index in [0.29, 0.717) is 30.3 Å². The maximum atomic E-state index is 12.9. The SMILES string of the molecule is CNC(=O)[C@H]1C[C@@H]2CN(C(=O)c3cccc(OC)c3)C[C@@H]2N1C(C)C.O=C(O)C(F)(F)F. The molecule has 178 valence electrons. The molecule has 2 saturated heterocycles. The van der Waals surface area contributed by atoms with Crippen molar-refractivity contribution in [1.29, 1.82) is 0 Å². The number of ether oxygens (including phenoxy) is 1. The molecule has 0 aromatic heterocycles. The minimum absolute atomic E-state index is 0.0356. The Labute approximate surface area is 184 Å². The van der Waals surface area contributed by atoms with Gasteiger partial charge in [-0.15, -0.1) is 0 Å². The van der Waals surface area contributed by atoms with Gasteiger partial charge in [-0.2, -0.15) is 13.2 Å². The molecule has 8 nitrogen and oxygen atoms in total. The Hall–Kier alpha value is -2.82. The van der Waals surface area contributed by atoms with Crippen LogP contribution < -0.4 is 10.1 Å². The fourth-order valence-corrected chi connectivity index (χ4v) is 4.32. The molecule has 11 heteroatoms. The third-order valence-electron chi connectivity index (χ3n) is 5.67. The standard InChI is InChI=1S/C19H27N3O3.C2HF3O2/c1-12(2)22-16(18(23)20-3)9-14-10-21(11-17(14)22)19(24)13-6-5-7-15(8-13)25-4;3-2(4,5)1(6)7/h5-8,12,14,16-17H,9-11H2,1-4H3,(H,20,23);(H,6,7)/t14-,16-,17+;/m1./s1. The molecule has 2 heterocycles. The number of halogens is 3. The van der Waals surface area contributed by atoms with E-state index in [1.165, 1.54) is 0 Å². The molecule has 2 fully saturated rings. The molecule has 1 aromatic rings. The Morgan fingerprint density at radius 2 is 1.84 bits per heavy atom. The van der Waals surface area contributed by atoms with Gasteiger partial charge in [0, 0.05) is 37.8 Å². The fraction of sp³-hybridized carbons (Fsp3) is 0.571. The molecular weight excluding hydrogens is 431 g/mol. The molecule has 0 radical (unpaired) electrons. The summed E-state index contributed by atoms with van der Waals surface area (Å²) in [5.74, 6) is -1.61. The first-order valence-electron chi connectivity index (χ1n) is 10.1. The number of nitrogens with zero attached hydrogens (tertiary/aromatic N) is 2. The van der Waals surface area contributed by atoms with Crippen molar-refractivity contribution in [3.05, 3.63) is 29.8 Å². The molecule has 0 saturated carbocycles. The summed E-state index contributed by atoms with van der Waals surface area (Å²) in [5, 5.41) is 9.90. The monoisotopic (exact) mass is 459 g/mol. The van der Waals surface area contributed by atoms with Gasteiger partial charge in [-0.25, -0.2) is 4.79 Å². The van der Waals surface area contributed by atoms with Crippen molar-refractivity contribution in [1.82, 2.24) is 15.1 Å². The number of methoxy groups -OCH3 is 1. The number of carboxylic acid groups (broad SMARTS) is 1. The Morgan fingerprint density at radius 3 is 2.34 bits per heavy atom. The predicted molar refractivity (Wildman–Crippen MR) is 109 cm³/mol. The molecule has 0 bridgehead atoms. The molecule has 2 N–H and O–H groups in total. The van der Waals surface area contributed by atoms with E-state index in [-0.39, 0.29) is 29.9 Å². The van der Waals surface area contributed by atoms with Crippen LogP contribution in [0.3, 0.4) is 0 Å². The van der Waals surface area contributed by atoms with Crippen molar-refractivity contribution in [3.8, 4) is 5.75 Å². The number of carbonyl (C=O) groups excluding carboxylic acids is 2. The summed E-state index contributed by atoms with van der Waals surface area (Å²) < 4.78 is 37.0. The smallest absolute Gasteiger partial charge is 0.490 e. The molecule has 0 aliphatic carbocycles. The van der Waals surface area contributed by atoms with Crippen molar-refractivity contribution < 1.29 is 37.4 Å². The molecular formula is C21H28F3N3O5. The number of fused-ring (bicyclic) bond motifs is 1. The van der Waals surface area contributed by atoms with Crippen LogP contribution in [0.1, 0.15) is 30.6 Å². The van der Waals surface area contributed by atoms with E-state index >= 15 is 0 Å². The van der Waals surface area contributed by atoms with Gasteiger partial charge in [-0.05, 0) is 44.4 Å². The zero-order valence-electron chi connectivity index (χ0n) is 18.3. The van der Waals surface area contributed by atoms with E-state index < -0.39 is 12.1 Å². The van der Waals surface area contributed by atoms with Gasteiger partial charge >= 0.3 is 12.1 Å². The third kappa shape index (κ3) is 5.70. The van der Waals surface area contributed by atoms with Crippen molar-refractivity contribution in [2.75, 3.05) is 27.2 Å². The molecule has 3 rings (SSSR count). The number of hydrogen-bond acceptors (Lipinski definition) is 5. The van der Waals surface area contributed by atoms with Crippen LogP contribution in [0.15, 0.2) is 24.3 Å². The molecule has 2 amide bonds. The Balaban J connectivity index is 0.000000451. The minimum atomic E-state index is -5.08. The zero-order valence-corrected chi connectivity index (χ0v) is 18.3. The Morgan fingerprint density at radius 1 is 1.22 bits per heavy atom. The summed E-state index contributed by atoms with van der Waals surface area (Å²) in [4.78, 5) is 38.2. The summed E-state index contributed by atoms with van der Waals surface area (Å²) in [6, 6.07) is 7.71. The molecule has 0 unspecified atom stereocenters. The van der Waals surface area contributed by atoms with Crippen LogP contribution in [-0.4, -0.2) is 84.2 Å². The largest absolute Gasteiger partial charge is 0.497 e. The van der Waals surface area contributed by atoms with Gasteiger partial charge in [0.2, 0.25) is 5.91 Å². The lowest BCUT2D eigenvalue weighted by molar-refractivity contribution is -0.192. The summed E-state index contributed by atoms with van der Waals surface area (Å²) in [7, 11) is 3.29. The number of amides is 2. The highest BCUT2D eigenvalue weighted by atomic mass is 19.4. The average molecular weight is 459 g/mol. The normalized spacial score (nSPS) is 22.8. The first-order chi connectivity index (χ1) is 14.9. The number of nitrogens with one attached hydrogen (secondary N) is 1. The van der Waals surface area contributed by atoms with Crippen LogP contribution >= 0.6 is 0 Å². The van der Waals surface area contributed by atoms with E-state index in [1.807, 2.05) is 23.1 Å². The number of hydrogen-bond donors (Lipinski definition) is 2. The highest BCUT2D eigenvalue weighted by Crippen LogP contribution is 2.37. The topological polar surface area (TPSA) is 99.2 Å². The minimum Gasteiger partial charge on any atom is -0.497 e. The van der Waals surface area contributed by atoms with Gasteiger partial charge in [0.25, 0.3) is 5.91 Å². The van der Waals surface area contributed by atoms with Gasteiger partial charge in [0.05, 0.1) is 13.2 Å². The van der Waals surface area contributed by atoms with Gasteiger partial charge in [0.15, 0.2) is 0 Å². The highest BCUT2D eigenvalue weighted by Gasteiger charge is 2.50. The fourth-order valence-electron chi connectivity index (χ4n) is 4.32. The number of carboxylic acids is 1. The van der Waals surface area contributed by atoms with E-state index in [1.54, 1.807) is 20.2 Å². The number of likely N-dealkylation sites (tertiary alicyclic amines) is 2. The van der Waals surface area contributed by atoms with Crippen LogP contribution in [0.5, 0.6) is 5.75 Å². The Kier molecular flexibility index (Phi) is 8.11. The van der Waals surface area contributed by atoms with Crippen LogP contribution in [0.2, 0.25) is 0 Å². The number of likely N-dealkylation sites (N-methyl/N-ethyl adjacent to an activating group) is 1. The summed E-state index contributed by atoms with van der Waals surface area (Å²) >= 11 is 0. The lowest BCUT2D eigenvalue weighted by atomic mass is 10.0. The van der Waals surface area contributed by atoms with Crippen molar-refractivity contribution in [3.63, 3.8) is 0 Å². The first-order valence-corrected chi connectivity index (χ1v) is 10.1. The Bertz CT molecular complexity index is 846. The summed E-state index contributed by atoms with van der Waals surface area (Å²) in [5.41, 5.74) is 0.651. The third-order valence-corrected chi connectivity index (χ3v) is 5.67. The van der Waals surface area contributed by atoms with Crippen molar-refractivity contribution in [2.24, 2.45) is 5.92 Å². The predicted octanol–water partition coefficient (Wildman–Crippen LogP) is 2.00. The highest BCUT2D eigenvalue weighted by molar-refractivity contribution is 5.95. The van der Waals surface area contributed by atoms with Crippen LogP contribution in [0.4, 0.5) is 13.2 Å². The second-order valence-corrected chi connectivity index (χ2v) is 7.98. The van der Waals surface area contributed by atoms with E-state index in [4.69, 9.17) is 14.6 Å². The van der Waals surface area contributed by atoms with Crippen molar-refractivity contribution >= 4 is 17.8 Å². The molecule has 3 atom stereocenters. The average Bonchev–Trinajstić information content (AvgIpc) is 3.30. The maximum absolute atomic E-state index is 12.9. The van der Waals surface area contributed by atoms with Gasteiger partial charge in [-0.3, -0.25) is 14.5 Å².